The highest BCUT2D eigenvalue weighted by molar-refractivity contribution is 5.64. The van der Waals surface area contributed by atoms with Crippen LogP contribution in [0, 0.1) is 0 Å². The number of ether oxygens (including phenoxy) is 2. The Morgan fingerprint density at radius 2 is 1.22 bits per heavy atom. The molecule has 2 aliphatic rings. The summed E-state index contributed by atoms with van der Waals surface area (Å²) in [4.78, 5) is 0. The lowest BCUT2D eigenvalue weighted by Crippen LogP contribution is -2.37. The molecule has 0 saturated carbocycles. The van der Waals surface area contributed by atoms with Crippen LogP contribution in [-0.2, 0) is 6.42 Å². The maximum atomic E-state index is 11.6. The predicted octanol–water partition coefficient (Wildman–Crippen LogP) is 3.29. The molecule has 0 amide bonds. The number of phenols is 7. The van der Waals surface area contributed by atoms with E-state index in [1.54, 1.807) is 0 Å². The minimum Gasteiger partial charge on any atom is -0.508 e. The number of aromatic hydroxyl groups is 7. The van der Waals surface area contributed by atoms with Crippen LogP contribution >= 0.6 is 0 Å². The monoisotopic (exact) mass is 562 g/mol. The van der Waals surface area contributed by atoms with E-state index in [0.29, 0.717) is 11.1 Å². The highest BCUT2D eigenvalue weighted by Crippen LogP contribution is 2.56. The van der Waals surface area contributed by atoms with Crippen molar-refractivity contribution in [3.05, 3.63) is 88.5 Å². The van der Waals surface area contributed by atoms with Crippen LogP contribution in [0.1, 0.15) is 45.9 Å². The van der Waals surface area contributed by atoms with Gasteiger partial charge in [-0.05, 0) is 41.5 Å². The molecule has 0 radical (unpaired) electrons. The Labute approximate surface area is 232 Å². The highest BCUT2D eigenvalue weighted by atomic mass is 16.5. The van der Waals surface area contributed by atoms with Crippen LogP contribution in [0.4, 0.5) is 0 Å². The van der Waals surface area contributed by atoms with E-state index in [1.807, 2.05) is 0 Å². The van der Waals surface area contributed by atoms with E-state index in [0.717, 1.165) is 6.07 Å². The molecule has 0 spiro atoms. The van der Waals surface area contributed by atoms with Crippen molar-refractivity contribution >= 4 is 0 Å². The average molecular weight is 563 g/mol. The molecule has 212 valence electrons. The van der Waals surface area contributed by atoms with Crippen LogP contribution < -0.4 is 9.47 Å². The van der Waals surface area contributed by atoms with Gasteiger partial charge in [-0.2, -0.15) is 0 Å². The number of hydrogen-bond donors (Lipinski definition) is 9. The number of benzene rings is 4. The number of rotatable bonds is 3. The number of fused-ring (bicyclic) bond motifs is 3. The third-order valence-electron chi connectivity index (χ3n) is 7.59. The molecule has 41 heavy (non-hydrogen) atoms. The summed E-state index contributed by atoms with van der Waals surface area (Å²) in [6, 6.07) is 13.0. The van der Waals surface area contributed by atoms with Gasteiger partial charge >= 0.3 is 0 Å². The van der Waals surface area contributed by atoms with Gasteiger partial charge in [0.2, 0.25) is 0 Å². The summed E-state index contributed by atoms with van der Waals surface area (Å²) in [7, 11) is 0. The van der Waals surface area contributed by atoms with Crippen molar-refractivity contribution in [3.8, 4) is 51.7 Å². The lowest BCUT2D eigenvalue weighted by molar-refractivity contribution is -0.00190. The van der Waals surface area contributed by atoms with Crippen molar-refractivity contribution in [2.45, 2.75) is 36.8 Å². The third-order valence-corrected chi connectivity index (χ3v) is 7.59. The van der Waals surface area contributed by atoms with E-state index in [4.69, 9.17) is 9.47 Å². The Hall–Kier alpha value is -5.00. The molecule has 0 unspecified atom stereocenters. The minimum absolute atomic E-state index is 0.0395. The zero-order valence-electron chi connectivity index (χ0n) is 21.2. The summed E-state index contributed by atoms with van der Waals surface area (Å²) < 4.78 is 12.3. The van der Waals surface area contributed by atoms with E-state index >= 15 is 0 Å². The maximum Gasteiger partial charge on any atom is 0.157 e. The van der Waals surface area contributed by atoms with Gasteiger partial charge in [-0.15, -0.1) is 0 Å². The molecule has 0 saturated heterocycles. The van der Waals surface area contributed by atoms with Gasteiger partial charge in [-0.25, -0.2) is 0 Å². The Morgan fingerprint density at radius 1 is 0.585 bits per heavy atom. The van der Waals surface area contributed by atoms with Gasteiger partial charge < -0.3 is 55.4 Å². The Morgan fingerprint density at radius 3 is 1.83 bits per heavy atom. The zero-order valence-corrected chi connectivity index (χ0v) is 21.2. The molecule has 11 nitrogen and oxygen atoms in total. The molecular weight excluding hydrogens is 536 g/mol. The summed E-state index contributed by atoms with van der Waals surface area (Å²) in [6.45, 7) is 0. The Kier molecular flexibility index (Phi) is 6.13. The van der Waals surface area contributed by atoms with Crippen LogP contribution in [-0.4, -0.2) is 58.2 Å². The molecular formula is C30H26O11. The van der Waals surface area contributed by atoms with Crippen molar-refractivity contribution in [2.75, 3.05) is 0 Å². The molecule has 2 heterocycles. The SMILES string of the molecule is Oc1ccc([C@@H]2c3c(O)cc4c(c3O[C@H](c3ccc(O)c(O)c3)[C@@H]2O)C[C@@H](O)[C@@H](c2ccc(O)c(O)c2)O4)c(O)c1. The predicted molar refractivity (Wildman–Crippen MR) is 142 cm³/mol. The van der Waals surface area contributed by atoms with Crippen molar-refractivity contribution in [1.29, 1.82) is 0 Å². The van der Waals surface area contributed by atoms with Crippen LogP contribution in [0.2, 0.25) is 0 Å². The van der Waals surface area contributed by atoms with Gasteiger partial charge in [-0.1, -0.05) is 18.2 Å². The smallest absolute Gasteiger partial charge is 0.157 e. The summed E-state index contributed by atoms with van der Waals surface area (Å²) in [5.74, 6) is -3.36. The second-order valence-electron chi connectivity index (χ2n) is 10.2. The minimum atomic E-state index is -1.44. The van der Waals surface area contributed by atoms with Gasteiger partial charge in [0.1, 0.15) is 41.0 Å². The molecule has 6 rings (SSSR count). The van der Waals surface area contributed by atoms with Crippen LogP contribution in [0.5, 0.6) is 51.7 Å². The lowest BCUT2D eigenvalue weighted by Gasteiger charge is -2.41. The second-order valence-corrected chi connectivity index (χ2v) is 10.2. The molecule has 0 bridgehead atoms. The van der Waals surface area contributed by atoms with E-state index in [-0.39, 0.29) is 63.4 Å². The molecule has 4 aromatic carbocycles. The number of aliphatic hydroxyl groups is 2. The molecule has 0 fully saturated rings. The normalized spacial score (nSPS) is 23.1. The van der Waals surface area contributed by atoms with Crippen LogP contribution in [0.25, 0.3) is 0 Å². The van der Waals surface area contributed by atoms with Crippen LogP contribution in [0.3, 0.4) is 0 Å². The molecule has 4 aromatic rings. The average Bonchev–Trinajstić information content (AvgIpc) is 2.92. The van der Waals surface area contributed by atoms with Crippen LogP contribution in [0.15, 0.2) is 60.7 Å². The quantitative estimate of drug-likeness (QED) is 0.166. The number of phenolic OH excluding ortho intramolecular Hbond substituents is 7. The van der Waals surface area contributed by atoms with Gasteiger partial charge in [0, 0.05) is 41.2 Å². The summed E-state index contributed by atoms with van der Waals surface area (Å²) >= 11 is 0. The first-order valence-corrected chi connectivity index (χ1v) is 12.7. The summed E-state index contributed by atoms with van der Waals surface area (Å²) in [5.41, 5.74) is 1.27. The van der Waals surface area contributed by atoms with Crippen molar-refractivity contribution < 1.29 is 55.4 Å². The fourth-order valence-corrected chi connectivity index (χ4v) is 5.61. The fraction of sp³-hybridized carbons (Fsp3) is 0.200. The lowest BCUT2D eigenvalue weighted by atomic mass is 9.77. The van der Waals surface area contributed by atoms with Gasteiger partial charge in [-0.3, -0.25) is 0 Å². The molecule has 0 aliphatic carbocycles. The largest absolute Gasteiger partial charge is 0.508 e. The summed E-state index contributed by atoms with van der Waals surface area (Å²) in [6.07, 6.45) is -4.79. The highest BCUT2D eigenvalue weighted by Gasteiger charge is 2.45. The van der Waals surface area contributed by atoms with Crippen molar-refractivity contribution in [1.82, 2.24) is 0 Å². The molecule has 2 aliphatic heterocycles. The fourth-order valence-electron chi connectivity index (χ4n) is 5.61. The number of hydrogen-bond acceptors (Lipinski definition) is 11. The van der Waals surface area contributed by atoms with E-state index in [2.05, 4.69) is 0 Å². The second kappa shape index (κ2) is 9.58. The van der Waals surface area contributed by atoms with Gasteiger partial charge in [0.25, 0.3) is 0 Å². The standard InChI is InChI=1S/C30H26O11/c31-14-3-4-15(19(34)9-14)25-26-22(37)11-24-16(10-23(38)28(40-24)12-1-5-17(32)20(35)7-12)30(26)41-29(27(25)39)13-2-6-18(33)21(36)8-13/h1-9,11,23,25,27-29,31-39H,10H2/t23-,25-,27-,28-,29-/m1/s1. The first kappa shape index (κ1) is 26.2. The first-order chi connectivity index (χ1) is 19.5. The van der Waals surface area contributed by atoms with Crippen molar-refractivity contribution in [3.63, 3.8) is 0 Å². The van der Waals surface area contributed by atoms with Gasteiger partial charge in [0.05, 0.1) is 6.10 Å². The number of aliphatic hydroxyl groups excluding tert-OH is 2. The molecule has 0 aromatic heterocycles. The summed E-state index contributed by atoms with van der Waals surface area (Å²) in [5, 5.41) is 94.1. The molecule has 5 atom stereocenters. The van der Waals surface area contributed by atoms with E-state index in [1.165, 1.54) is 54.6 Å². The van der Waals surface area contributed by atoms with Gasteiger partial charge in [0.15, 0.2) is 29.1 Å². The Bertz CT molecular complexity index is 1670. The molecule has 11 heteroatoms. The van der Waals surface area contributed by atoms with E-state index in [9.17, 15) is 46.0 Å². The van der Waals surface area contributed by atoms with E-state index < -0.39 is 41.8 Å². The first-order valence-electron chi connectivity index (χ1n) is 12.7. The maximum absolute atomic E-state index is 11.6. The topological polar surface area (TPSA) is 201 Å². The third kappa shape index (κ3) is 4.31. The molecule has 9 N–H and O–H groups in total. The Balaban J connectivity index is 1.51. The van der Waals surface area contributed by atoms with Crippen molar-refractivity contribution in [2.24, 2.45) is 0 Å². The zero-order chi connectivity index (χ0) is 29.2.